The number of benzene rings is 1. The fraction of sp³-hybridized carbons (Fsp3) is 0.389. The summed E-state index contributed by atoms with van der Waals surface area (Å²) in [6, 6.07) is 3.21. The largest absolute Gasteiger partial charge is 0.419 e. The molecule has 2 heterocycles. The lowest BCUT2D eigenvalue weighted by atomic mass is 10.0. The number of nitrogens with zero attached hydrogens (tertiary/aromatic N) is 2. The third-order valence-electron chi connectivity index (χ3n) is 4.41. The van der Waals surface area contributed by atoms with E-state index in [2.05, 4.69) is 15.3 Å². The summed E-state index contributed by atoms with van der Waals surface area (Å²) in [7, 11) is 0. The quantitative estimate of drug-likeness (QED) is 0.801. The zero-order valence-corrected chi connectivity index (χ0v) is 14.1. The molecule has 1 aromatic heterocycles. The highest BCUT2D eigenvalue weighted by Gasteiger charge is 2.34. The first-order valence-corrected chi connectivity index (χ1v) is 8.34. The number of aromatic nitrogens is 2. The second kappa shape index (κ2) is 7.67. The summed E-state index contributed by atoms with van der Waals surface area (Å²) in [5.41, 5.74) is -0.489. The monoisotopic (exact) mass is 385 g/mol. The third kappa shape index (κ3) is 4.47. The summed E-state index contributed by atoms with van der Waals surface area (Å²) in [5.74, 6) is -1.66. The molecule has 0 bridgehead atoms. The van der Waals surface area contributed by atoms with Gasteiger partial charge in [-0.3, -0.25) is 4.79 Å². The molecule has 2 atom stereocenters. The van der Waals surface area contributed by atoms with Crippen molar-refractivity contribution in [2.45, 2.75) is 37.7 Å². The van der Waals surface area contributed by atoms with Crippen molar-refractivity contribution in [2.75, 3.05) is 6.54 Å². The maximum atomic E-state index is 13.7. The Labute approximate surface area is 151 Å². The molecular formula is C18H16F5N3O. The highest BCUT2D eigenvalue weighted by molar-refractivity contribution is 5.85. The predicted octanol–water partition coefficient (Wildman–Crippen LogP) is 3.50. The molecule has 1 fully saturated rings. The summed E-state index contributed by atoms with van der Waals surface area (Å²) < 4.78 is 65.3. The number of alkyl halides is 4. The van der Waals surface area contributed by atoms with Crippen molar-refractivity contribution >= 4 is 5.78 Å². The molecule has 3 rings (SSSR count). The van der Waals surface area contributed by atoms with Crippen LogP contribution >= 0.6 is 0 Å². The number of Topliss-reactive ketones (excluding diaryl/α,β-unsaturated/α-hetero) is 1. The molecule has 1 aliphatic heterocycles. The predicted molar refractivity (Wildman–Crippen MR) is 87.1 cm³/mol. The highest BCUT2D eigenvalue weighted by atomic mass is 19.4. The van der Waals surface area contributed by atoms with Gasteiger partial charge in [0.2, 0.25) is 0 Å². The fourth-order valence-corrected chi connectivity index (χ4v) is 2.99. The van der Waals surface area contributed by atoms with Crippen LogP contribution in [0.5, 0.6) is 0 Å². The van der Waals surface area contributed by atoms with Crippen molar-refractivity contribution < 1.29 is 26.7 Å². The van der Waals surface area contributed by atoms with E-state index in [1.54, 1.807) is 0 Å². The lowest BCUT2D eigenvalue weighted by Gasteiger charge is -2.12. The van der Waals surface area contributed by atoms with E-state index in [0.717, 1.165) is 12.1 Å². The molecule has 0 aliphatic carbocycles. The molecule has 1 saturated heterocycles. The van der Waals surface area contributed by atoms with Gasteiger partial charge in [-0.25, -0.2) is 18.7 Å². The van der Waals surface area contributed by atoms with E-state index in [9.17, 15) is 26.7 Å². The van der Waals surface area contributed by atoms with Crippen LogP contribution in [0, 0.1) is 5.82 Å². The molecular weight excluding hydrogens is 369 g/mol. The first kappa shape index (κ1) is 19.3. The molecule has 0 saturated carbocycles. The second-order valence-electron chi connectivity index (χ2n) is 6.29. The van der Waals surface area contributed by atoms with Crippen molar-refractivity contribution in [3.05, 3.63) is 47.7 Å². The topological polar surface area (TPSA) is 54.9 Å². The van der Waals surface area contributed by atoms with Crippen LogP contribution in [0.15, 0.2) is 30.6 Å². The summed E-state index contributed by atoms with van der Waals surface area (Å²) in [4.78, 5) is 20.0. The first-order valence-electron chi connectivity index (χ1n) is 8.34. The third-order valence-corrected chi connectivity index (χ3v) is 4.41. The van der Waals surface area contributed by atoms with Gasteiger partial charge in [0.1, 0.15) is 18.3 Å². The Morgan fingerprint density at radius 1 is 1.22 bits per heavy atom. The maximum absolute atomic E-state index is 13.7. The molecule has 0 radical (unpaired) electrons. The van der Waals surface area contributed by atoms with Crippen molar-refractivity contribution in [2.24, 2.45) is 0 Å². The minimum atomic E-state index is -4.78. The van der Waals surface area contributed by atoms with Crippen LogP contribution in [0.25, 0.3) is 11.3 Å². The summed E-state index contributed by atoms with van der Waals surface area (Å²) in [6.07, 6.45) is -4.20. The number of hydrogen-bond donors (Lipinski definition) is 1. The Hall–Kier alpha value is -2.42. The van der Waals surface area contributed by atoms with Gasteiger partial charge in [0.05, 0.1) is 17.3 Å². The van der Waals surface area contributed by atoms with Crippen LogP contribution in [0.3, 0.4) is 0 Å². The van der Waals surface area contributed by atoms with Crippen LogP contribution < -0.4 is 5.32 Å². The number of nitrogens with one attached hydrogen (secondary N) is 1. The molecule has 1 aromatic carbocycles. The Kier molecular flexibility index (Phi) is 5.50. The molecule has 4 nitrogen and oxygen atoms in total. The van der Waals surface area contributed by atoms with E-state index in [1.165, 1.54) is 12.4 Å². The Morgan fingerprint density at radius 3 is 2.63 bits per heavy atom. The average molecular weight is 385 g/mol. The standard InChI is InChI=1S/C18H16F5N3O/c19-13-5-6-24-17(13)16(27)4-2-11-8-15(26-9-25-11)10-1-3-12(14(20)7-10)18(21,22)23/h1,3,7-9,13,17,24H,2,4-6H2/t13-,17-/m0/s1. The van der Waals surface area contributed by atoms with Gasteiger partial charge in [-0.1, -0.05) is 6.07 Å². The zero-order valence-electron chi connectivity index (χ0n) is 14.1. The number of ketones is 1. The summed E-state index contributed by atoms with van der Waals surface area (Å²) >= 11 is 0. The van der Waals surface area contributed by atoms with Crippen molar-refractivity contribution in [1.29, 1.82) is 0 Å². The molecule has 1 N–H and O–H groups in total. The number of aryl methyl sites for hydroxylation is 1. The van der Waals surface area contributed by atoms with Gasteiger partial charge in [-0.2, -0.15) is 13.2 Å². The molecule has 144 valence electrons. The summed E-state index contributed by atoms with van der Waals surface area (Å²) in [5, 5.41) is 2.81. The van der Waals surface area contributed by atoms with Gasteiger partial charge in [0.15, 0.2) is 5.78 Å². The zero-order chi connectivity index (χ0) is 19.6. The van der Waals surface area contributed by atoms with Gasteiger partial charge >= 0.3 is 6.18 Å². The highest BCUT2D eigenvalue weighted by Crippen LogP contribution is 2.33. The average Bonchev–Trinajstić information content (AvgIpc) is 3.05. The Morgan fingerprint density at radius 2 is 2.00 bits per heavy atom. The molecule has 9 heteroatoms. The molecule has 0 unspecified atom stereocenters. The number of carbonyl (C=O) groups excluding carboxylic acids is 1. The van der Waals surface area contributed by atoms with E-state index in [1.807, 2.05) is 0 Å². The number of rotatable bonds is 5. The Balaban J connectivity index is 1.72. The van der Waals surface area contributed by atoms with E-state index in [0.29, 0.717) is 24.7 Å². The number of hydrogen-bond acceptors (Lipinski definition) is 4. The normalized spacial score (nSPS) is 20.0. The Bertz CT molecular complexity index is 840. The molecule has 0 amide bonds. The smallest absolute Gasteiger partial charge is 0.305 e. The van der Waals surface area contributed by atoms with Crippen molar-refractivity contribution in [3.8, 4) is 11.3 Å². The molecule has 0 spiro atoms. The lowest BCUT2D eigenvalue weighted by molar-refractivity contribution is -0.140. The molecule has 2 aromatic rings. The van der Waals surface area contributed by atoms with Crippen LogP contribution in [0.1, 0.15) is 24.1 Å². The van der Waals surface area contributed by atoms with Gasteiger partial charge in [0.25, 0.3) is 0 Å². The van der Waals surface area contributed by atoms with Gasteiger partial charge < -0.3 is 5.32 Å². The van der Waals surface area contributed by atoms with E-state index in [-0.39, 0.29) is 29.9 Å². The minimum absolute atomic E-state index is 0.0654. The lowest BCUT2D eigenvalue weighted by Crippen LogP contribution is -2.36. The first-order chi connectivity index (χ1) is 12.8. The van der Waals surface area contributed by atoms with Gasteiger partial charge in [-0.15, -0.1) is 0 Å². The second-order valence-corrected chi connectivity index (χ2v) is 6.29. The van der Waals surface area contributed by atoms with Crippen LogP contribution in [0.4, 0.5) is 22.0 Å². The SMILES string of the molecule is O=C(CCc1cc(-c2ccc(C(F)(F)F)c(F)c2)ncn1)[C@H]1NCC[C@@H]1F. The molecule has 27 heavy (non-hydrogen) atoms. The van der Waals surface area contributed by atoms with Gasteiger partial charge in [-0.05, 0) is 37.6 Å². The minimum Gasteiger partial charge on any atom is -0.305 e. The van der Waals surface area contributed by atoms with Crippen LogP contribution in [0.2, 0.25) is 0 Å². The summed E-state index contributed by atoms with van der Waals surface area (Å²) in [6.45, 7) is 0.453. The maximum Gasteiger partial charge on any atom is 0.419 e. The van der Waals surface area contributed by atoms with Crippen molar-refractivity contribution in [3.63, 3.8) is 0 Å². The number of halogens is 5. The molecule has 1 aliphatic rings. The van der Waals surface area contributed by atoms with Crippen LogP contribution in [-0.2, 0) is 17.4 Å². The van der Waals surface area contributed by atoms with E-state index in [4.69, 9.17) is 0 Å². The fourth-order valence-electron chi connectivity index (χ4n) is 2.99. The number of carbonyl (C=O) groups is 1. The van der Waals surface area contributed by atoms with Gasteiger partial charge in [0, 0.05) is 17.7 Å². The van der Waals surface area contributed by atoms with Crippen molar-refractivity contribution in [1.82, 2.24) is 15.3 Å². The van der Waals surface area contributed by atoms with E-state index < -0.39 is 29.8 Å². The van der Waals surface area contributed by atoms with E-state index >= 15 is 0 Å². The van der Waals surface area contributed by atoms with Crippen LogP contribution in [-0.4, -0.2) is 34.5 Å².